The van der Waals surface area contributed by atoms with Gasteiger partial charge in [0.2, 0.25) is 5.88 Å². The van der Waals surface area contributed by atoms with Gasteiger partial charge in [-0.3, -0.25) is 4.79 Å². The Hall–Kier alpha value is -2.11. The van der Waals surface area contributed by atoms with Crippen LogP contribution in [0, 0.1) is 5.82 Å². The lowest BCUT2D eigenvalue weighted by Gasteiger charge is -2.37. The molecule has 0 unspecified atom stereocenters. The molecule has 12 heteroatoms. The molecule has 1 fully saturated rings. The molecule has 1 aliphatic rings. The molecule has 170 valence electrons. The van der Waals surface area contributed by atoms with E-state index in [1.165, 1.54) is 0 Å². The summed E-state index contributed by atoms with van der Waals surface area (Å²) in [6.07, 6.45) is 0.766. The van der Waals surface area contributed by atoms with Crippen molar-refractivity contribution in [2.45, 2.75) is 50.6 Å². The molecule has 2 aromatic rings. The zero-order valence-electron chi connectivity index (χ0n) is 17.9. The number of fused-ring (bicyclic) bond motifs is 1. The van der Waals surface area contributed by atoms with E-state index >= 15 is 0 Å². The number of piperazine rings is 1. The fraction of sp³-hybridized carbons (Fsp3) is 0.579. The molecule has 31 heavy (non-hydrogen) atoms. The Morgan fingerprint density at radius 1 is 1.39 bits per heavy atom. The number of nitrogens with zero attached hydrogens (tertiary/aromatic N) is 3. The highest BCUT2D eigenvalue weighted by Gasteiger charge is 2.31. The minimum absolute atomic E-state index is 0.119. The summed E-state index contributed by atoms with van der Waals surface area (Å²) in [5, 5.41) is 2.97. The van der Waals surface area contributed by atoms with Crippen molar-refractivity contribution in [3.05, 3.63) is 21.3 Å². The Balaban J connectivity index is 1.85. The minimum atomic E-state index is -0.884. The van der Waals surface area contributed by atoms with Crippen molar-refractivity contribution in [3.63, 3.8) is 0 Å². The van der Waals surface area contributed by atoms with Crippen molar-refractivity contribution < 1.29 is 18.7 Å². The van der Waals surface area contributed by atoms with E-state index in [4.69, 9.17) is 21.1 Å². The van der Waals surface area contributed by atoms with Crippen LogP contribution in [0.4, 0.5) is 9.18 Å². The third-order valence-electron chi connectivity index (χ3n) is 4.61. The number of carbonyl (C=O) groups excluding carboxylic acids is 1. The molecule has 2 atom stereocenters. The average Bonchev–Trinajstić information content (AvgIpc) is 2.70. The van der Waals surface area contributed by atoms with Crippen molar-refractivity contribution in [1.82, 2.24) is 25.2 Å². The number of H-pyrrole nitrogens is 1. The molecule has 1 saturated heterocycles. The van der Waals surface area contributed by atoms with Gasteiger partial charge in [-0.05, 0) is 34.0 Å². The topological polar surface area (TPSA) is 109 Å². The number of halogens is 2. The summed E-state index contributed by atoms with van der Waals surface area (Å²) >= 11 is 7.09. The van der Waals surface area contributed by atoms with Crippen molar-refractivity contribution in [3.8, 4) is 5.88 Å². The van der Waals surface area contributed by atoms with Gasteiger partial charge in [0, 0.05) is 19.6 Å². The third-order valence-corrected chi connectivity index (χ3v) is 5.45. The highest BCUT2D eigenvalue weighted by molar-refractivity contribution is 7.98. The molecule has 3 heterocycles. The molecule has 1 aliphatic heterocycles. The van der Waals surface area contributed by atoms with Crippen LogP contribution in [0.2, 0.25) is 5.15 Å². The zero-order valence-corrected chi connectivity index (χ0v) is 19.5. The molecular weight excluding hydrogens is 449 g/mol. The van der Waals surface area contributed by atoms with Gasteiger partial charge in [-0.25, -0.2) is 14.2 Å². The lowest BCUT2D eigenvalue weighted by atomic mass is 10.1. The van der Waals surface area contributed by atoms with Crippen molar-refractivity contribution >= 4 is 40.4 Å². The third kappa shape index (κ3) is 5.39. The van der Waals surface area contributed by atoms with Crippen LogP contribution in [-0.2, 0) is 4.74 Å². The smallest absolute Gasteiger partial charge is 0.410 e. The first-order valence-corrected chi connectivity index (χ1v) is 11.3. The van der Waals surface area contributed by atoms with Crippen LogP contribution in [0.15, 0.2) is 9.95 Å². The molecule has 3 rings (SSSR count). The first-order valence-electron chi connectivity index (χ1n) is 9.71. The Bertz CT molecular complexity index is 1040. The lowest BCUT2D eigenvalue weighted by Crippen LogP contribution is -2.58. The van der Waals surface area contributed by atoms with Crippen molar-refractivity contribution in [2.24, 2.45) is 0 Å². The van der Waals surface area contributed by atoms with Gasteiger partial charge in [0.05, 0.1) is 6.04 Å². The van der Waals surface area contributed by atoms with Gasteiger partial charge in [0.15, 0.2) is 16.1 Å². The molecule has 2 N–H and O–H groups in total. The number of hydrogen-bond donors (Lipinski definition) is 2. The lowest BCUT2D eigenvalue weighted by molar-refractivity contribution is 0.0141. The fourth-order valence-corrected chi connectivity index (χ4v) is 3.67. The van der Waals surface area contributed by atoms with Gasteiger partial charge in [0.1, 0.15) is 22.6 Å². The molecule has 0 aromatic carbocycles. The molecule has 0 radical (unpaired) electrons. The molecule has 0 saturated carbocycles. The fourth-order valence-electron chi connectivity index (χ4n) is 3.13. The quantitative estimate of drug-likeness (QED) is 0.396. The van der Waals surface area contributed by atoms with E-state index in [0.717, 1.165) is 11.8 Å². The van der Waals surface area contributed by atoms with Gasteiger partial charge in [-0.2, -0.15) is 4.98 Å². The summed E-state index contributed by atoms with van der Waals surface area (Å²) in [4.78, 5) is 37.1. The van der Waals surface area contributed by atoms with Crippen LogP contribution in [-0.4, -0.2) is 69.6 Å². The highest BCUT2D eigenvalue weighted by Crippen LogP contribution is 2.28. The number of amides is 1. The van der Waals surface area contributed by atoms with Crippen LogP contribution in [0.1, 0.15) is 27.7 Å². The summed E-state index contributed by atoms with van der Waals surface area (Å²) in [5.41, 5.74) is -1.38. The summed E-state index contributed by atoms with van der Waals surface area (Å²) in [7, 11) is 0. The second-order valence-electron chi connectivity index (χ2n) is 8.13. The molecule has 0 bridgehead atoms. The standard InChI is InChI=1S/C19H25ClFN5O4S/c1-9(10-8-26(7-6-22-10)18(28)30-19(2,3)4)29-16-11-13(12(21)14(20)24-16)23-17(31-5)25-15(11)27/h9-10,22H,6-8H2,1-5H3,(H,23,25,27)/t9-,10-/m0/s1. The van der Waals surface area contributed by atoms with Crippen LogP contribution in [0.3, 0.4) is 0 Å². The van der Waals surface area contributed by atoms with Crippen molar-refractivity contribution in [1.29, 1.82) is 0 Å². The number of hydrogen-bond acceptors (Lipinski definition) is 8. The molecular formula is C19H25ClFN5O4S. The van der Waals surface area contributed by atoms with E-state index in [-0.39, 0.29) is 28.0 Å². The van der Waals surface area contributed by atoms with E-state index in [0.29, 0.717) is 19.6 Å². The number of nitrogens with one attached hydrogen (secondary N) is 2. The van der Waals surface area contributed by atoms with E-state index in [1.54, 1.807) is 38.9 Å². The van der Waals surface area contributed by atoms with Gasteiger partial charge < -0.3 is 24.7 Å². The maximum atomic E-state index is 14.5. The first-order chi connectivity index (χ1) is 14.5. The van der Waals surface area contributed by atoms with Crippen LogP contribution in [0.25, 0.3) is 10.9 Å². The number of pyridine rings is 1. The number of thioether (sulfide) groups is 1. The maximum Gasteiger partial charge on any atom is 0.410 e. The number of rotatable bonds is 4. The largest absolute Gasteiger partial charge is 0.472 e. The maximum absolute atomic E-state index is 14.5. The minimum Gasteiger partial charge on any atom is -0.472 e. The Kier molecular flexibility index (Phi) is 6.97. The Morgan fingerprint density at radius 3 is 2.74 bits per heavy atom. The molecule has 9 nitrogen and oxygen atoms in total. The van der Waals surface area contributed by atoms with E-state index in [2.05, 4.69) is 20.3 Å². The summed E-state index contributed by atoms with van der Waals surface area (Å²) in [5.74, 6) is -1.00. The number of aromatic amines is 1. The number of carbonyl (C=O) groups is 1. The highest BCUT2D eigenvalue weighted by atomic mass is 35.5. The molecule has 0 spiro atoms. The predicted molar refractivity (Wildman–Crippen MR) is 117 cm³/mol. The monoisotopic (exact) mass is 473 g/mol. The van der Waals surface area contributed by atoms with Crippen LogP contribution >= 0.6 is 23.4 Å². The number of ether oxygens (including phenoxy) is 2. The van der Waals surface area contributed by atoms with Crippen LogP contribution in [0.5, 0.6) is 5.88 Å². The Morgan fingerprint density at radius 2 is 2.10 bits per heavy atom. The molecule has 1 amide bonds. The second-order valence-corrected chi connectivity index (χ2v) is 9.28. The SMILES string of the molecule is CSc1nc2c(F)c(Cl)nc(O[C@@H](C)[C@@H]3CN(C(=O)OC(C)(C)C)CCN3)c2c(=O)[nH]1. The first kappa shape index (κ1) is 23.6. The summed E-state index contributed by atoms with van der Waals surface area (Å²) < 4.78 is 25.9. The van der Waals surface area contributed by atoms with Gasteiger partial charge in [-0.1, -0.05) is 23.4 Å². The van der Waals surface area contributed by atoms with Crippen LogP contribution < -0.4 is 15.6 Å². The molecule has 0 aliphatic carbocycles. The summed E-state index contributed by atoms with van der Waals surface area (Å²) in [6.45, 7) is 8.53. The normalized spacial score (nSPS) is 18.2. The van der Waals surface area contributed by atoms with Gasteiger partial charge in [-0.15, -0.1) is 0 Å². The Labute approximate surface area is 188 Å². The van der Waals surface area contributed by atoms with Crippen molar-refractivity contribution in [2.75, 3.05) is 25.9 Å². The second kappa shape index (κ2) is 9.17. The van der Waals surface area contributed by atoms with E-state index in [9.17, 15) is 14.0 Å². The zero-order chi connectivity index (χ0) is 22.9. The van der Waals surface area contributed by atoms with E-state index < -0.39 is 34.3 Å². The van der Waals surface area contributed by atoms with Gasteiger partial charge >= 0.3 is 6.09 Å². The summed E-state index contributed by atoms with van der Waals surface area (Å²) in [6, 6.07) is -0.278. The van der Waals surface area contributed by atoms with E-state index in [1.807, 2.05) is 0 Å². The molecule has 2 aromatic heterocycles. The van der Waals surface area contributed by atoms with Gasteiger partial charge in [0.25, 0.3) is 5.56 Å². The predicted octanol–water partition coefficient (Wildman–Crippen LogP) is 2.81. The number of aromatic nitrogens is 3. The average molecular weight is 474 g/mol.